The Hall–Kier alpha value is -1.39. The lowest BCUT2D eigenvalue weighted by molar-refractivity contribution is -0.137. The predicted molar refractivity (Wildman–Crippen MR) is 56.5 cm³/mol. The summed E-state index contributed by atoms with van der Waals surface area (Å²) in [4.78, 5) is 22.9. The highest BCUT2D eigenvalue weighted by Crippen LogP contribution is 2.25. The minimum Gasteiger partial charge on any atom is -0.463 e. The molecule has 1 saturated heterocycles. The van der Waals surface area contributed by atoms with Gasteiger partial charge in [0.15, 0.2) is 0 Å². The molecule has 0 spiro atoms. The molecule has 5 heteroatoms. The number of esters is 1. The van der Waals surface area contributed by atoms with Crippen molar-refractivity contribution in [3.63, 3.8) is 0 Å². The van der Waals surface area contributed by atoms with Crippen LogP contribution in [-0.2, 0) is 14.3 Å². The van der Waals surface area contributed by atoms with E-state index in [-0.39, 0.29) is 13.2 Å². The first-order chi connectivity index (χ1) is 7.59. The maximum absolute atomic E-state index is 14.1. The number of carbonyl (C=O) groups excluding carboxylic acids is 2. The number of hydrogen-bond donors (Lipinski definition) is 0. The number of carbonyl (C=O) groups is 2. The molecular formula is C11H16FNO3. The van der Waals surface area contributed by atoms with Crippen LogP contribution in [-0.4, -0.2) is 42.6 Å². The molecule has 1 heterocycles. The van der Waals surface area contributed by atoms with Crippen molar-refractivity contribution in [1.82, 2.24) is 4.90 Å². The fourth-order valence-electron chi connectivity index (χ4n) is 1.71. The summed E-state index contributed by atoms with van der Waals surface area (Å²) >= 11 is 0. The van der Waals surface area contributed by atoms with Gasteiger partial charge in [0.1, 0.15) is 5.67 Å². The van der Waals surface area contributed by atoms with E-state index in [9.17, 15) is 14.0 Å². The van der Waals surface area contributed by atoms with Crippen LogP contribution in [0.1, 0.15) is 19.8 Å². The third-order valence-corrected chi connectivity index (χ3v) is 2.46. The standard InChI is InChI=1S/C11H16FNO3/c1-2-16-10(15)4-6-11(12)5-3-7-13(8-11)9-14/h4,6,9H,2-3,5,7-8H2,1H3/b6-4+. The van der Waals surface area contributed by atoms with Gasteiger partial charge >= 0.3 is 5.97 Å². The number of halogens is 1. The molecule has 1 amide bonds. The van der Waals surface area contributed by atoms with E-state index in [1.807, 2.05) is 0 Å². The fourth-order valence-corrected chi connectivity index (χ4v) is 1.71. The lowest BCUT2D eigenvalue weighted by Crippen LogP contribution is -2.43. The number of ether oxygens (including phenoxy) is 1. The van der Waals surface area contributed by atoms with Gasteiger partial charge in [-0.1, -0.05) is 0 Å². The van der Waals surface area contributed by atoms with Crippen molar-refractivity contribution in [2.75, 3.05) is 19.7 Å². The number of amides is 1. The highest BCUT2D eigenvalue weighted by atomic mass is 19.1. The van der Waals surface area contributed by atoms with Gasteiger partial charge in [-0.3, -0.25) is 4.79 Å². The number of likely N-dealkylation sites (tertiary alicyclic amines) is 1. The maximum Gasteiger partial charge on any atom is 0.330 e. The average molecular weight is 229 g/mol. The maximum atomic E-state index is 14.1. The van der Waals surface area contributed by atoms with Gasteiger partial charge in [0.05, 0.1) is 13.2 Å². The van der Waals surface area contributed by atoms with E-state index in [1.54, 1.807) is 6.92 Å². The molecule has 0 saturated carbocycles. The van der Waals surface area contributed by atoms with Gasteiger partial charge in [0, 0.05) is 12.6 Å². The lowest BCUT2D eigenvalue weighted by atomic mass is 9.94. The number of alkyl halides is 1. The van der Waals surface area contributed by atoms with Gasteiger partial charge in [0.25, 0.3) is 0 Å². The van der Waals surface area contributed by atoms with Crippen LogP contribution in [0.15, 0.2) is 12.2 Å². The summed E-state index contributed by atoms with van der Waals surface area (Å²) in [6, 6.07) is 0. The van der Waals surface area contributed by atoms with E-state index in [0.29, 0.717) is 25.8 Å². The Morgan fingerprint density at radius 3 is 3.00 bits per heavy atom. The normalized spacial score (nSPS) is 25.8. The van der Waals surface area contributed by atoms with E-state index >= 15 is 0 Å². The molecular weight excluding hydrogens is 213 g/mol. The molecule has 1 fully saturated rings. The largest absolute Gasteiger partial charge is 0.463 e. The minimum atomic E-state index is -1.61. The van der Waals surface area contributed by atoms with Gasteiger partial charge in [-0.15, -0.1) is 0 Å². The van der Waals surface area contributed by atoms with Gasteiger partial charge in [-0.25, -0.2) is 9.18 Å². The minimum absolute atomic E-state index is 0.00635. The Kier molecular flexibility index (Phi) is 4.46. The second-order valence-corrected chi connectivity index (χ2v) is 3.80. The molecule has 1 unspecified atom stereocenters. The molecule has 90 valence electrons. The molecule has 0 N–H and O–H groups in total. The molecule has 1 aliphatic heterocycles. The summed E-state index contributed by atoms with van der Waals surface area (Å²) in [6.07, 6.45) is 3.85. The first kappa shape index (κ1) is 12.7. The van der Waals surface area contributed by atoms with E-state index in [2.05, 4.69) is 4.74 Å². The molecule has 0 aromatic carbocycles. The van der Waals surface area contributed by atoms with Crippen molar-refractivity contribution in [2.24, 2.45) is 0 Å². The predicted octanol–water partition coefficient (Wildman–Crippen LogP) is 1.07. The van der Waals surface area contributed by atoms with E-state index in [4.69, 9.17) is 0 Å². The van der Waals surface area contributed by atoms with Crippen molar-refractivity contribution in [3.8, 4) is 0 Å². The highest BCUT2D eigenvalue weighted by Gasteiger charge is 2.32. The summed E-state index contributed by atoms with van der Waals surface area (Å²) in [5.74, 6) is -0.553. The van der Waals surface area contributed by atoms with Crippen LogP contribution in [0.5, 0.6) is 0 Å². The van der Waals surface area contributed by atoms with Gasteiger partial charge in [-0.2, -0.15) is 0 Å². The zero-order valence-electron chi connectivity index (χ0n) is 9.32. The first-order valence-electron chi connectivity index (χ1n) is 5.34. The van der Waals surface area contributed by atoms with Crippen molar-refractivity contribution < 1.29 is 18.7 Å². The van der Waals surface area contributed by atoms with E-state index in [1.165, 1.54) is 11.0 Å². The number of piperidine rings is 1. The number of hydrogen-bond acceptors (Lipinski definition) is 3. The molecule has 0 aromatic rings. The van der Waals surface area contributed by atoms with Gasteiger partial charge in [-0.05, 0) is 25.8 Å². The molecule has 16 heavy (non-hydrogen) atoms. The molecule has 0 aromatic heterocycles. The molecule has 4 nitrogen and oxygen atoms in total. The zero-order valence-corrected chi connectivity index (χ0v) is 9.32. The number of rotatable bonds is 4. The summed E-state index contributed by atoms with van der Waals surface area (Å²) in [7, 11) is 0. The molecule has 0 aliphatic carbocycles. The van der Waals surface area contributed by atoms with Crippen molar-refractivity contribution in [3.05, 3.63) is 12.2 Å². The third-order valence-electron chi connectivity index (χ3n) is 2.46. The SMILES string of the molecule is CCOC(=O)/C=C/C1(F)CCCN(C=O)C1. The molecule has 0 radical (unpaired) electrons. The van der Waals surface area contributed by atoms with Crippen molar-refractivity contribution in [2.45, 2.75) is 25.4 Å². The van der Waals surface area contributed by atoms with Crippen molar-refractivity contribution in [1.29, 1.82) is 0 Å². The molecule has 1 rings (SSSR count). The van der Waals surface area contributed by atoms with Crippen LogP contribution >= 0.6 is 0 Å². The lowest BCUT2D eigenvalue weighted by Gasteiger charge is -2.33. The molecule has 1 aliphatic rings. The monoisotopic (exact) mass is 229 g/mol. The first-order valence-corrected chi connectivity index (χ1v) is 5.34. The van der Waals surface area contributed by atoms with Crippen LogP contribution < -0.4 is 0 Å². The Balaban J connectivity index is 2.56. The van der Waals surface area contributed by atoms with Gasteiger partial charge in [0.2, 0.25) is 6.41 Å². The smallest absolute Gasteiger partial charge is 0.330 e. The van der Waals surface area contributed by atoms with Crippen molar-refractivity contribution >= 4 is 12.4 Å². The van der Waals surface area contributed by atoms with Crippen LogP contribution in [0.3, 0.4) is 0 Å². The topological polar surface area (TPSA) is 46.6 Å². The van der Waals surface area contributed by atoms with E-state index < -0.39 is 11.6 Å². The highest BCUT2D eigenvalue weighted by molar-refractivity contribution is 5.82. The summed E-state index contributed by atoms with van der Waals surface area (Å²) in [6.45, 7) is 2.53. The quantitative estimate of drug-likeness (QED) is 0.411. The van der Waals surface area contributed by atoms with Crippen LogP contribution in [0.2, 0.25) is 0 Å². The average Bonchev–Trinajstić information content (AvgIpc) is 2.27. The third kappa shape index (κ3) is 3.64. The van der Waals surface area contributed by atoms with Gasteiger partial charge < -0.3 is 9.64 Å². The second kappa shape index (κ2) is 5.63. The van der Waals surface area contributed by atoms with Crippen LogP contribution in [0, 0.1) is 0 Å². The second-order valence-electron chi connectivity index (χ2n) is 3.80. The van der Waals surface area contributed by atoms with Crippen LogP contribution in [0.4, 0.5) is 4.39 Å². The van der Waals surface area contributed by atoms with E-state index in [0.717, 1.165) is 6.08 Å². The Labute approximate surface area is 94.1 Å². The van der Waals surface area contributed by atoms with Crippen LogP contribution in [0.25, 0.3) is 0 Å². The summed E-state index contributed by atoms with van der Waals surface area (Å²) in [5, 5.41) is 0. The zero-order chi connectivity index (χ0) is 12.0. The summed E-state index contributed by atoms with van der Waals surface area (Å²) < 4.78 is 18.8. The number of nitrogens with zero attached hydrogens (tertiary/aromatic N) is 1. The summed E-state index contributed by atoms with van der Waals surface area (Å²) in [5.41, 5.74) is -1.61. The molecule has 0 bridgehead atoms. The Morgan fingerprint density at radius 2 is 2.38 bits per heavy atom. The Bertz CT molecular complexity index is 293. The molecule has 1 atom stereocenters. The Morgan fingerprint density at radius 1 is 1.62 bits per heavy atom. The fraction of sp³-hybridized carbons (Fsp3) is 0.636.